The number of benzene rings is 2. The lowest BCUT2D eigenvalue weighted by molar-refractivity contribution is -0.120. The van der Waals surface area contributed by atoms with Gasteiger partial charge in [-0.2, -0.15) is 5.26 Å². The van der Waals surface area contributed by atoms with Gasteiger partial charge in [0.25, 0.3) is 0 Å². The molecule has 1 amide bonds. The van der Waals surface area contributed by atoms with E-state index in [1.807, 2.05) is 42.5 Å². The van der Waals surface area contributed by atoms with Crippen molar-refractivity contribution in [2.45, 2.75) is 13.0 Å². The highest BCUT2D eigenvalue weighted by Gasteiger charge is 2.09. The number of ether oxygens (including phenoxy) is 1. The van der Waals surface area contributed by atoms with E-state index in [4.69, 9.17) is 10.00 Å². The molecule has 0 atom stereocenters. The molecule has 0 heterocycles. The number of nitrogens with zero attached hydrogens (tertiary/aromatic N) is 1. The monoisotopic (exact) mass is 254 g/mol. The summed E-state index contributed by atoms with van der Waals surface area (Å²) in [6.07, 6.45) is -0.132. The highest BCUT2D eigenvalue weighted by atomic mass is 16.5. The van der Waals surface area contributed by atoms with Crippen LogP contribution in [-0.4, -0.2) is 13.0 Å². The van der Waals surface area contributed by atoms with Crippen LogP contribution in [0.2, 0.25) is 0 Å². The van der Waals surface area contributed by atoms with Gasteiger partial charge in [0.15, 0.2) is 0 Å². The van der Waals surface area contributed by atoms with Crippen LogP contribution in [0.15, 0.2) is 36.4 Å². The second-order valence-corrected chi connectivity index (χ2v) is 4.08. The number of nitrogens with one attached hydrogen (secondary N) is 1. The molecule has 19 heavy (non-hydrogen) atoms. The number of amides is 1. The number of hydrogen-bond donors (Lipinski definition) is 1. The lowest BCUT2D eigenvalue weighted by Crippen LogP contribution is -2.22. The quantitative estimate of drug-likeness (QED) is 0.911. The van der Waals surface area contributed by atoms with Crippen molar-refractivity contribution in [2.24, 2.45) is 0 Å². The van der Waals surface area contributed by atoms with Crippen LogP contribution in [0.3, 0.4) is 0 Å². The van der Waals surface area contributed by atoms with Crippen molar-refractivity contribution in [3.05, 3.63) is 42.0 Å². The van der Waals surface area contributed by atoms with E-state index < -0.39 is 0 Å². The molecule has 0 aromatic heterocycles. The van der Waals surface area contributed by atoms with Gasteiger partial charge in [0.05, 0.1) is 13.2 Å². The Hall–Kier alpha value is -2.54. The van der Waals surface area contributed by atoms with Crippen molar-refractivity contribution >= 4 is 16.7 Å². The molecule has 0 unspecified atom stereocenters. The highest BCUT2D eigenvalue weighted by molar-refractivity contribution is 5.88. The number of carbonyl (C=O) groups is 1. The van der Waals surface area contributed by atoms with Gasteiger partial charge in [0.1, 0.15) is 12.2 Å². The van der Waals surface area contributed by atoms with Crippen LogP contribution in [0.1, 0.15) is 12.0 Å². The zero-order chi connectivity index (χ0) is 13.7. The molecule has 0 fully saturated rings. The molecule has 0 aliphatic heterocycles. The predicted molar refractivity (Wildman–Crippen MR) is 72.6 cm³/mol. The molecule has 0 saturated heterocycles. The minimum Gasteiger partial charge on any atom is -0.496 e. The molecule has 1 N–H and O–H groups in total. The van der Waals surface area contributed by atoms with Crippen LogP contribution < -0.4 is 10.1 Å². The van der Waals surface area contributed by atoms with E-state index in [0.717, 1.165) is 22.1 Å². The molecule has 96 valence electrons. The summed E-state index contributed by atoms with van der Waals surface area (Å²) in [6.45, 7) is 0.352. The molecule has 2 rings (SSSR count). The van der Waals surface area contributed by atoms with Crippen molar-refractivity contribution in [1.29, 1.82) is 5.26 Å². The summed E-state index contributed by atoms with van der Waals surface area (Å²) >= 11 is 0. The van der Waals surface area contributed by atoms with Gasteiger partial charge in [0.2, 0.25) is 5.91 Å². The van der Waals surface area contributed by atoms with Gasteiger partial charge in [-0.25, -0.2) is 0 Å². The van der Waals surface area contributed by atoms with Gasteiger partial charge < -0.3 is 10.1 Å². The van der Waals surface area contributed by atoms with Crippen molar-refractivity contribution in [3.8, 4) is 11.8 Å². The molecule has 0 spiro atoms. The standard InChI is InChI=1S/C15H14N2O2/c1-19-14-7-6-11-4-2-3-5-12(11)13(14)10-17-15(18)8-9-16/h2-7H,8,10H2,1H3,(H,17,18). The lowest BCUT2D eigenvalue weighted by atomic mass is 10.0. The van der Waals surface area contributed by atoms with Gasteiger partial charge in [-0.05, 0) is 16.8 Å². The van der Waals surface area contributed by atoms with Crippen LogP contribution in [0.25, 0.3) is 10.8 Å². The zero-order valence-corrected chi connectivity index (χ0v) is 10.6. The fraction of sp³-hybridized carbons (Fsp3) is 0.200. The van der Waals surface area contributed by atoms with Crippen LogP contribution in [-0.2, 0) is 11.3 Å². The van der Waals surface area contributed by atoms with Crippen LogP contribution in [0, 0.1) is 11.3 Å². The number of carbonyl (C=O) groups excluding carboxylic acids is 1. The van der Waals surface area contributed by atoms with E-state index in [1.165, 1.54) is 0 Å². The lowest BCUT2D eigenvalue weighted by Gasteiger charge is -2.12. The fourth-order valence-electron chi connectivity index (χ4n) is 2.01. The number of rotatable bonds is 4. The summed E-state index contributed by atoms with van der Waals surface area (Å²) in [5.41, 5.74) is 0.923. The van der Waals surface area contributed by atoms with Crippen molar-refractivity contribution in [2.75, 3.05) is 7.11 Å². The topological polar surface area (TPSA) is 62.1 Å². The normalized spacial score (nSPS) is 9.89. The third kappa shape index (κ3) is 2.83. The summed E-state index contributed by atoms with van der Waals surface area (Å²) in [6, 6.07) is 13.6. The van der Waals surface area contributed by atoms with E-state index in [0.29, 0.717) is 6.54 Å². The smallest absolute Gasteiger partial charge is 0.234 e. The molecule has 4 heteroatoms. The van der Waals surface area contributed by atoms with E-state index in [2.05, 4.69) is 5.32 Å². The molecule has 0 aliphatic carbocycles. The maximum absolute atomic E-state index is 11.4. The summed E-state index contributed by atoms with van der Waals surface area (Å²) in [5.74, 6) is 0.452. The Morgan fingerprint density at radius 2 is 2.11 bits per heavy atom. The first kappa shape index (κ1) is 12.9. The van der Waals surface area contributed by atoms with Crippen LogP contribution >= 0.6 is 0 Å². The average molecular weight is 254 g/mol. The van der Waals surface area contributed by atoms with Gasteiger partial charge in [0, 0.05) is 12.1 Å². The zero-order valence-electron chi connectivity index (χ0n) is 10.6. The van der Waals surface area contributed by atoms with E-state index >= 15 is 0 Å². The largest absolute Gasteiger partial charge is 0.496 e. The molecule has 0 radical (unpaired) electrons. The molecule has 4 nitrogen and oxygen atoms in total. The number of hydrogen-bond acceptors (Lipinski definition) is 3. The number of methoxy groups -OCH3 is 1. The highest BCUT2D eigenvalue weighted by Crippen LogP contribution is 2.27. The first-order valence-corrected chi connectivity index (χ1v) is 5.94. The van der Waals surface area contributed by atoms with Gasteiger partial charge in [-0.1, -0.05) is 30.3 Å². The van der Waals surface area contributed by atoms with Gasteiger partial charge in [-0.15, -0.1) is 0 Å². The Labute approximate surface area is 111 Å². The molecule has 0 saturated carbocycles. The summed E-state index contributed by atoms with van der Waals surface area (Å²) < 4.78 is 5.33. The maximum atomic E-state index is 11.4. The second kappa shape index (κ2) is 5.87. The summed E-state index contributed by atoms with van der Waals surface area (Å²) in [5, 5.41) is 13.3. The van der Waals surface area contributed by atoms with Crippen molar-refractivity contribution in [3.63, 3.8) is 0 Å². The fourth-order valence-corrected chi connectivity index (χ4v) is 2.01. The summed E-state index contributed by atoms with van der Waals surface area (Å²) in [4.78, 5) is 11.4. The van der Waals surface area contributed by atoms with Crippen LogP contribution in [0.4, 0.5) is 0 Å². The SMILES string of the molecule is COc1ccc2ccccc2c1CNC(=O)CC#N. The molecule has 0 aliphatic rings. The average Bonchev–Trinajstić information content (AvgIpc) is 2.44. The Morgan fingerprint density at radius 1 is 1.32 bits per heavy atom. The van der Waals surface area contributed by atoms with E-state index in [9.17, 15) is 4.79 Å². The second-order valence-electron chi connectivity index (χ2n) is 4.08. The van der Waals surface area contributed by atoms with Crippen molar-refractivity contribution < 1.29 is 9.53 Å². The molecule has 2 aromatic carbocycles. The molecular formula is C15H14N2O2. The third-order valence-electron chi connectivity index (χ3n) is 2.92. The third-order valence-corrected chi connectivity index (χ3v) is 2.92. The Kier molecular flexibility index (Phi) is 3.99. The first-order chi connectivity index (χ1) is 9.26. The number of nitriles is 1. The molecular weight excluding hydrogens is 240 g/mol. The van der Waals surface area contributed by atoms with E-state index in [1.54, 1.807) is 7.11 Å². The maximum Gasteiger partial charge on any atom is 0.234 e. The molecule has 0 bridgehead atoms. The number of fused-ring (bicyclic) bond motifs is 1. The van der Waals surface area contributed by atoms with E-state index in [-0.39, 0.29) is 12.3 Å². The van der Waals surface area contributed by atoms with Crippen molar-refractivity contribution in [1.82, 2.24) is 5.32 Å². The Balaban J connectivity index is 2.34. The summed E-state index contributed by atoms with van der Waals surface area (Å²) in [7, 11) is 1.60. The van der Waals surface area contributed by atoms with Gasteiger partial charge >= 0.3 is 0 Å². The van der Waals surface area contributed by atoms with Gasteiger partial charge in [-0.3, -0.25) is 4.79 Å². The Morgan fingerprint density at radius 3 is 2.84 bits per heavy atom. The predicted octanol–water partition coefficient (Wildman–Crippen LogP) is 2.38. The Bertz CT molecular complexity index is 644. The minimum absolute atomic E-state index is 0.132. The minimum atomic E-state index is -0.280. The first-order valence-electron chi connectivity index (χ1n) is 5.94. The van der Waals surface area contributed by atoms with Crippen LogP contribution in [0.5, 0.6) is 5.75 Å². The molecule has 2 aromatic rings.